The van der Waals surface area contributed by atoms with Gasteiger partial charge in [-0.3, -0.25) is 4.79 Å². The van der Waals surface area contributed by atoms with Crippen LogP contribution in [0.25, 0.3) is 0 Å². The summed E-state index contributed by atoms with van der Waals surface area (Å²) in [6, 6.07) is 16.3. The Kier molecular flexibility index (Phi) is 5.96. The molecule has 0 heterocycles. The summed E-state index contributed by atoms with van der Waals surface area (Å²) < 4.78 is 5.74. The van der Waals surface area contributed by atoms with Crippen LogP contribution in [0.5, 0.6) is 5.75 Å². The quantitative estimate of drug-likeness (QED) is 0.804. The molecule has 2 aromatic rings. The van der Waals surface area contributed by atoms with Crippen LogP contribution in [-0.4, -0.2) is 18.6 Å². The molecule has 0 spiro atoms. The molecule has 0 aromatic heterocycles. The largest absolute Gasteiger partial charge is 0.493 e. The first-order valence-electron chi connectivity index (χ1n) is 9.19. The molecule has 26 heavy (non-hydrogen) atoms. The number of hydrogen-bond acceptors (Lipinski definition) is 2. The van der Waals surface area contributed by atoms with Crippen LogP contribution in [-0.2, 0) is 11.2 Å². The molecule has 1 N–H and O–H groups in total. The number of rotatable bonds is 6. The first kappa shape index (κ1) is 18.1. The van der Waals surface area contributed by atoms with Gasteiger partial charge in [-0.1, -0.05) is 24.0 Å². The van der Waals surface area contributed by atoms with Crippen LogP contribution in [0.2, 0.25) is 0 Å². The first-order valence-corrected chi connectivity index (χ1v) is 9.19. The zero-order valence-corrected chi connectivity index (χ0v) is 15.4. The highest BCUT2D eigenvalue weighted by Gasteiger charge is 2.21. The average Bonchev–Trinajstić information content (AvgIpc) is 3.44. The van der Waals surface area contributed by atoms with Gasteiger partial charge in [0.1, 0.15) is 5.75 Å². The van der Waals surface area contributed by atoms with E-state index in [9.17, 15) is 4.79 Å². The van der Waals surface area contributed by atoms with Gasteiger partial charge in [-0.2, -0.15) is 0 Å². The SMILES string of the molecule is CC(=O)NC(C)Cc1ccc(C#Cc2ccc(OCC3CC3)cc2)cc1. The van der Waals surface area contributed by atoms with Gasteiger partial charge in [0, 0.05) is 24.1 Å². The van der Waals surface area contributed by atoms with Gasteiger partial charge in [-0.25, -0.2) is 0 Å². The summed E-state index contributed by atoms with van der Waals surface area (Å²) >= 11 is 0. The number of amides is 1. The van der Waals surface area contributed by atoms with Crippen molar-refractivity contribution in [1.82, 2.24) is 5.32 Å². The molecular weight excluding hydrogens is 322 g/mol. The van der Waals surface area contributed by atoms with Crippen LogP contribution in [0.15, 0.2) is 48.5 Å². The molecule has 1 aliphatic rings. The Balaban J connectivity index is 1.54. The third-order valence-corrected chi connectivity index (χ3v) is 4.33. The number of carbonyl (C=O) groups excluding carboxylic acids is 1. The van der Waals surface area contributed by atoms with Crippen molar-refractivity contribution in [2.75, 3.05) is 6.61 Å². The minimum absolute atomic E-state index is 0.00365. The fourth-order valence-corrected chi connectivity index (χ4v) is 2.75. The van der Waals surface area contributed by atoms with E-state index in [2.05, 4.69) is 29.3 Å². The Morgan fingerprint density at radius 3 is 2.19 bits per heavy atom. The van der Waals surface area contributed by atoms with Crippen molar-refractivity contribution in [3.63, 3.8) is 0 Å². The Morgan fingerprint density at radius 1 is 1.08 bits per heavy atom. The Labute approximate surface area is 155 Å². The first-order chi connectivity index (χ1) is 12.6. The molecule has 1 aliphatic carbocycles. The zero-order valence-electron chi connectivity index (χ0n) is 15.4. The summed E-state index contributed by atoms with van der Waals surface area (Å²) in [6.45, 7) is 4.38. The molecule has 2 aromatic carbocycles. The lowest BCUT2D eigenvalue weighted by molar-refractivity contribution is -0.119. The van der Waals surface area contributed by atoms with E-state index in [1.165, 1.54) is 18.4 Å². The molecule has 3 rings (SSSR count). The van der Waals surface area contributed by atoms with Crippen molar-refractivity contribution in [2.45, 2.75) is 39.2 Å². The molecule has 3 nitrogen and oxygen atoms in total. The van der Waals surface area contributed by atoms with Crippen molar-refractivity contribution >= 4 is 5.91 Å². The van der Waals surface area contributed by atoms with E-state index in [0.29, 0.717) is 0 Å². The molecule has 0 saturated heterocycles. The van der Waals surface area contributed by atoms with E-state index in [1.54, 1.807) is 6.92 Å². The highest BCUT2D eigenvalue weighted by molar-refractivity contribution is 5.73. The van der Waals surface area contributed by atoms with Crippen LogP contribution in [0.1, 0.15) is 43.4 Å². The lowest BCUT2D eigenvalue weighted by Gasteiger charge is -2.12. The highest BCUT2D eigenvalue weighted by Crippen LogP contribution is 2.29. The van der Waals surface area contributed by atoms with Gasteiger partial charge in [0.2, 0.25) is 5.91 Å². The third kappa shape index (κ3) is 5.97. The second-order valence-corrected chi connectivity index (χ2v) is 7.03. The number of hydrogen-bond donors (Lipinski definition) is 1. The second kappa shape index (κ2) is 8.58. The minimum atomic E-state index is 0.00365. The molecule has 1 amide bonds. The molecule has 1 unspecified atom stereocenters. The van der Waals surface area contributed by atoms with Crippen molar-refractivity contribution in [1.29, 1.82) is 0 Å². The van der Waals surface area contributed by atoms with Crippen LogP contribution < -0.4 is 10.1 Å². The topological polar surface area (TPSA) is 38.3 Å². The van der Waals surface area contributed by atoms with Crippen molar-refractivity contribution in [2.24, 2.45) is 5.92 Å². The predicted octanol–water partition coefficient (Wildman–Crippen LogP) is 3.94. The van der Waals surface area contributed by atoms with Gasteiger partial charge in [0.25, 0.3) is 0 Å². The minimum Gasteiger partial charge on any atom is -0.493 e. The molecule has 3 heteroatoms. The highest BCUT2D eigenvalue weighted by atomic mass is 16.5. The number of ether oxygens (including phenoxy) is 1. The van der Waals surface area contributed by atoms with E-state index in [1.807, 2.05) is 43.3 Å². The number of nitrogens with one attached hydrogen (secondary N) is 1. The van der Waals surface area contributed by atoms with Gasteiger partial charge in [-0.05, 0) is 74.1 Å². The summed E-state index contributed by atoms with van der Waals surface area (Å²) in [5, 5.41) is 2.90. The van der Waals surface area contributed by atoms with Crippen molar-refractivity contribution < 1.29 is 9.53 Å². The summed E-state index contributed by atoms with van der Waals surface area (Å²) in [5.74, 6) is 8.07. The number of benzene rings is 2. The van der Waals surface area contributed by atoms with E-state index < -0.39 is 0 Å². The van der Waals surface area contributed by atoms with Crippen LogP contribution in [0.4, 0.5) is 0 Å². The molecule has 0 bridgehead atoms. The van der Waals surface area contributed by atoms with Gasteiger partial charge < -0.3 is 10.1 Å². The lowest BCUT2D eigenvalue weighted by Crippen LogP contribution is -2.31. The predicted molar refractivity (Wildman–Crippen MR) is 104 cm³/mol. The fraction of sp³-hybridized carbons (Fsp3) is 0.348. The fourth-order valence-electron chi connectivity index (χ4n) is 2.75. The molecule has 1 atom stereocenters. The van der Waals surface area contributed by atoms with Gasteiger partial charge in [-0.15, -0.1) is 0 Å². The summed E-state index contributed by atoms with van der Waals surface area (Å²) in [6.07, 6.45) is 3.42. The third-order valence-electron chi connectivity index (χ3n) is 4.33. The summed E-state index contributed by atoms with van der Waals surface area (Å²) in [5.41, 5.74) is 3.15. The Bertz CT molecular complexity index is 793. The van der Waals surface area contributed by atoms with E-state index in [4.69, 9.17) is 4.74 Å². The van der Waals surface area contributed by atoms with Crippen LogP contribution >= 0.6 is 0 Å². The smallest absolute Gasteiger partial charge is 0.217 e. The average molecular weight is 347 g/mol. The number of carbonyl (C=O) groups is 1. The van der Waals surface area contributed by atoms with E-state index in [0.717, 1.165) is 35.8 Å². The molecule has 0 aliphatic heterocycles. The van der Waals surface area contributed by atoms with Gasteiger partial charge in [0.15, 0.2) is 0 Å². The van der Waals surface area contributed by atoms with E-state index in [-0.39, 0.29) is 11.9 Å². The molecule has 0 radical (unpaired) electrons. The lowest BCUT2D eigenvalue weighted by atomic mass is 10.0. The normalized spacial score (nSPS) is 14.1. The molecule has 1 fully saturated rings. The summed E-state index contributed by atoms with van der Waals surface area (Å²) in [4.78, 5) is 11.1. The maximum atomic E-state index is 11.1. The summed E-state index contributed by atoms with van der Waals surface area (Å²) in [7, 11) is 0. The zero-order chi connectivity index (χ0) is 18.4. The standard InChI is InChI=1S/C23H25NO2/c1-17(24-18(2)25)15-21-7-5-19(6-8-21)3-4-20-11-13-23(14-12-20)26-16-22-9-10-22/h5-8,11-14,17,22H,9-10,15-16H2,1-2H3,(H,24,25). The van der Waals surface area contributed by atoms with Gasteiger partial charge in [0.05, 0.1) is 6.61 Å². The Morgan fingerprint density at radius 2 is 1.65 bits per heavy atom. The molecular formula is C23H25NO2. The van der Waals surface area contributed by atoms with Crippen LogP contribution in [0.3, 0.4) is 0 Å². The monoisotopic (exact) mass is 347 g/mol. The van der Waals surface area contributed by atoms with E-state index >= 15 is 0 Å². The van der Waals surface area contributed by atoms with Crippen molar-refractivity contribution in [3.05, 3.63) is 65.2 Å². The second-order valence-electron chi connectivity index (χ2n) is 7.03. The maximum Gasteiger partial charge on any atom is 0.217 e. The molecule has 134 valence electrons. The van der Waals surface area contributed by atoms with Gasteiger partial charge >= 0.3 is 0 Å². The van der Waals surface area contributed by atoms with Crippen LogP contribution in [0, 0.1) is 17.8 Å². The van der Waals surface area contributed by atoms with Crippen molar-refractivity contribution in [3.8, 4) is 17.6 Å². The maximum absolute atomic E-state index is 11.1. The molecule has 1 saturated carbocycles. The Hall–Kier alpha value is -2.73.